The van der Waals surface area contributed by atoms with Crippen LogP contribution in [-0.2, 0) is 21.7 Å². The van der Waals surface area contributed by atoms with Gasteiger partial charge in [-0.3, -0.25) is 0 Å². The molecule has 4 aliphatic rings. The molecule has 0 N–H and O–H groups in total. The standard InChI is InChI=1S/C99H100BN3/c1-96(2,3)81-59-82(97(4,5)6)62-85(61-81)102-91-45-43-71(65-31-19-13-20-32-65)53-87(91)100-88-54-72(66-33-21-14-22-34-66)44-46-92(88)103(86-63-83(98(7,8)9)60-84(64-86)99(10,11)12)94-58-80(57-93(102)95(94)100)90-56-78(77-49-73(67-35-23-15-24-36-67)47-74(50-77)68-37-25-16-26-38-68)55-89(101-90)79-51-75(69-39-27-17-28-40-69)48-76(52-79)70-41-29-18-30-42-70/h15-18,23-30,35-66H,13-14,19-22,31-34H2,1-12H3. The largest absolute Gasteiger partial charge is 0.311 e. The molecule has 2 saturated carbocycles. The van der Waals surface area contributed by atoms with Gasteiger partial charge in [-0.25, -0.2) is 4.98 Å². The smallest absolute Gasteiger partial charge is 0.252 e. The van der Waals surface area contributed by atoms with Gasteiger partial charge in [-0.2, -0.15) is 0 Å². The monoisotopic (exact) mass is 1340 g/mol. The molecule has 0 amide bonds. The highest BCUT2D eigenvalue weighted by atomic mass is 15.2. The molecule has 2 aliphatic carbocycles. The minimum absolute atomic E-state index is 0.0616. The number of hydrogen-bond acceptors (Lipinski definition) is 3. The molecule has 0 radical (unpaired) electrons. The fraction of sp³-hybridized carbons (Fsp3) is 0.283. The molecule has 0 spiro atoms. The van der Waals surface area contributed by atoms with Crippen molar-refractivity contribution in [3.05, 3.63) is 288 Å². The van der Waals surface area contributed by atoms with Crippen molar-refractivity contribution in [2.75, 3.05) is 9.80 Å². The lowest BCUT2D eigenvalue weighted by Crippen LogP contribution is -2.61. The highest BCUT2D eigenvalue weighted by molar-refractivity contribution is 7.00. The molecular formula is C99H100BN3. The van der Waals surface area contributed by atoms with Gasteiger partial charge in [0.1, 0.15) is 0 Å². The minimum Gasteiger partial charge on any atom is -0.311 e. The van der Waals surface area contributed by atoms with Crippen LogP contribution in [-0.4, -0.2) is 11.7 Å². The maximum Gasteiger partial charge on any atom is 0.252 e. The molecule has 16 rings (SSSR count). The predicted octanol–water partition coefficient (Wildman–Crippen LogP) is 26.1. The first-order chi connectivity index (χ1) is 49.5. The first-order valence-corrected chi connectivity index (χ1v) is 38.5. The maximum absolute atomic E-state index is 6.15. The van der Waals surface area contributed by atoms with E-state index in [2.05, 4.69) is 348 Å². The van der Waals surface area contributed by atoms with Crippen molar-refractivity contribution in [2.24, 2.45) is 0 Å². The Balaban J connectivity index is 1.05. The molecule has 2 aliphatic heterocycles. The highest BCUT2D eigenvalue weighted by Gasteiger charge is 2.45. The summed E-state index contributed by atoms with van der Waals surface area (Å²) in [6.45, 7) is 28.6. The van der Waals surface area contributed by atoms with Crippen LogP contribution in [0.3, 0.4) is 0 Å². The first kappa shape index (κ1) is 67.7. The quantitative estimate of drug-likeness (QED) is 0.120. The van der Waals surface area contributed by atoms with Crippen molar-refractivity contribution >= 4 is 57.2 Å². The number of aromatic nitrogens is 1. The van der Waals surface area contributed by atoms with Crippen LogP contribution >= 0.6 is 0 Å². The Morgan fingerprint density at radius 3 is 0.883 bits per heavy atom. The molecule has 0 saturated heterocycles. The summed E-state index contributed by atoms with van der Waals surface area (Å²) in [5.74, 6) is 1.05. The van der Waals surface area contributed by atoms with Crippen LogP contribution in [0.5, 0.6) is 0 Å². The summed E-state index contributed by atoms with van der Waals surface area (Å²) in [5, 5.41) is 0. The van der Waals surface area contributed by atoms with Gasteiger partial charge in [0, 0.05) is 45.3 Å². The molecule has 2 fully saturated rings. The van der Waals surface area contributed by atoms with Crippen LogP contribution in [0.2, 0.25) is 0 Å². The van der Waals surface area contributed by atoms with E-state index in [1.165, 1.54) is 170 Å². The summed E-state index contributed by atoms with van der Waals surface area (Å²) in [6.07, 6.45) is 12.7. The van der Waals surface area contributed by atoms with Crippen molar-refractivity contribution < 1.29 is 0 Å². The predicted molar refractivity (Wildman–Crippen MR) is 443 cm³/mol. The number of pyridine rings is 1. The van der Waals surface area contributed by atoms with Crippen LogP contribution in [0.1, 0.15) is 193 Å². The minimum atomic E-state index is -0.130. The molecular weight excluding hydrogens is 1240 g/mol. The fourth-order valence-electron chi connectivity index (χ4n) is 17.1. The van der Waals surface area contributed by atoms with E-state index in [0.717, 1.165) is 55.9 Å². The van der Waals surface area contributed by atoms with E-state index in [1.807, 2.05) is 0 Å². The van der Waals surface area contributed by atoms with E-state index in [0.29, 0.717) is 11.8 Å². The second-order valence-corrected chi connectivity index (χ2v) is 34.6. The van der Waals surface area contributed by atoms with Crippen LogP contribution in [0, 0.1) is 0 Å². The zero-order valence-corrected chi connectivity index (χ0v) is 62.9. The van der Waals surface area contributed by atoms with Gasteiger partial charge in [0.15, 0.2) is 0 Å². The Bertz CT molecular complexity index is 4650. The maximum atomic E-state index is 6.15. The van der Waals surface area contributed by atoms with Crippen LogP contribution in [0.4, 0.5) is 34.1 Å². The van der Waals surface area contributed by atoms with Crippen molar-refractivity contribution in [1.29, 1.82) is 0 Å². The van der Waals surface area contributed by atoms with Crippen molar-refractivity contribution in [3.8, 4) is 78.1 Å². The Labute approximate surface area is 615 Å². The van der Waals surface area contributed by atoms with Gasteiger partial charge in [0.2, 0.25) is 0 Å². The summed E-state index contributed by atoms with van der Waals surface area (Å²) in [7, 11) is 0. The zero-order chi connectivity index (χ0) is 71.1. The Kier molecular flexibility index (Phi) is 17.6. The van der Waals surface area contributed by atoms with Gasteiger partial charge in [0.25, 0.3) is 6.71 Å². The third kappa shape index (κ3) is 13.5. The molecule has 3 heterocycles. The first-order valence-electron chi connectivity index (χ1n) is 38.5. The SMILES string of the molecule is CC(C)(C)c1cc(N2c3ccc(C4CCCCC4)cc3B3c4cc(C5CCCCC5)ccc4N(c4cc(C(C)(C)C)cc(C(C)(C)C)c4)c4cc(-c5cc(-c6cc(-c7ccccc7)cc(-c7ccccc7)c6)cc(-c6cc(-c7ccccc7)cc(-c7ccccc7)c6)n5)cc2c43)cc(C(C)(C)C)c1. The number of anilines is 6. The summed E-state index contributed by atoms with van der Waals surface area (Å²) < 4.78 is 0. The lowest BCUT2D eigenvalue weighted by atomic mass is 9.33. The van der Waals surface area contributed by atoms with E-state index < -0.39 is 0 Å². The van der Waals surface area contributed by atoms with E-state index in [9.17, 15) is 0 Å². The van der Waals surface area contributed by atoms with Crippen LogP contribution in [0.15, 0.2) is 255 Å². The number of fused-ring (bicyclic) bond motifs is 4. The van der Waals surface area contributed by atoms with Gasteiger partial charge in [-0.15, -0.1) is 0 Å². The molecule has 0 bridgehead atoms. The highest BCUT2D eigenvalue weighted by Crippen LogP contribution is 2.51. The summed E-state index contributed by atoms with van der Waals surface area (Å²) >= 11 is 0. The summed E-state index contributed by atoms with van der Waals surface area (Å²) in [5.41, 5.74) is 34.7. The molecule has 12 aromatic rings. The van der Waals surface area contributed by atoms with Gasteiger partial charge in [-0.05, 0) is 262 Å². The van der Waals surface area contributed by atoms with Gasteiger partial charge < -0.3 is 9.80 Å². The third-order valence-electron chi connectivity index (χ3n) is 23.1. The topological polar surface area (TPSA) is 19.4 Å². The molecule has 1 aromatic heterocycles. The lowest BCUT2D eigenvalue weighted by molar-refractivity contribution is 0.444. The summed E-state index contributed by atoms with van der Waals surface area (Å²) in [6, 6.07) is 98.6. The van der Waals surface area contributed by atoms with Crippen molar-refractivity contribution in [3.63, 3.8) is 0 Å². The lowest BCUT2D eigenvalue weighted by Gasteiger charge is -2.45. The Hall–Kier alpha value is -9.77. The second-order valence-electron chi connectivity index (χ2n) is 34.6. The zero-order valence-electron chi connectivity index (χ0n) is 62.9. The fourth-order valence-corrected chi connectivity index (χ4v) is 17.1. The van der Waals surface area contributed by atoms with Gasteiger partial charge in [-0.1, -0.05) is 279 Å². The molecule has 514 valence electrons. The average Bonchev–Trinajstić information content (AvgIpc) is 0.692. The molecule has 0 unspecified atom stereocenters. The van der Waals surface area contributed by atoms with Crippen molar-refractivity contribution in [2.45, 2.75) is 181 Å². The molecule has 11 aromatic carbocycles. The van der Waals surface area contributed by atoms with Crippen LogP contribution < -0.4 is 26.2 Å². The number of hydrogen-bond donors (Lipinski definition) is 0. The average molecular weight is 1340 g/mol. The van der Waals surface area contributed by atoms with Gasteiger partial charge in [0.05, 0.1) is 11.4 Å². The van der Waals surface area contributed by atoms with E-state index in [-0.39, 0.29) is 28.4 Å². The Morgan fingerprint density at radius 1 is 0.272 bits per heavy atom. The Morgan fingerprint density at radius 2 is 0.563 bits per heavy atom. The van der Waals surface area contributed by atoms with E-state index in [1.54, 1.807) is 0 Å². The number of rotatable bonds is 11. The van der Waals surface area contributed by atoms with E-state index in [4.69, 9.17) is 4.98 Å². The second kappa shape index (κ2) is 26.8. The van der Waals surface area contributed by atoms with E-state index >= 15 is 0 Å². The summed E-state index contributed by atoms with van der Waals surface area (Å²) in [4.78, 5) is 11.6. The molecule has 3 nitrogen and oxygen atoms in total. The molecule has 4 heteroatoms. The number of nitrogens with zero attached hydrogens (tertiary/aromatic N) is 3. The van der Waals surface area contributed by atoms with Crippen LogP contribution in [0.25, 0.3) is 78.1 Å². The van der Waals surface area contributed by atoms with Gasteiger partial charge >= 0.3 is 0 Å². The normalized spacial score (nSPS) is 15.0. The molecule has 103 heavy (non-hydrogen) atoms. The van der Waals surface area contributed by atoms with Crippen molar-refractivity contribution in [1.82, 2.24) is 4.98 Å². The molecule has 0 atom stereocenters. The third-order valence-corrected chi connectivity index (χ3v) is 23.1. The number of benzene rings is 11.